The number of nitrogens with one attached hydrogen (secondary N) is 2. The van der Waals surface area contributed by atoms with Gasteiger partial charge in [0, 0.05) is 29.5 Å². The fourth-order valence-corrected chi connectivity index (χ4v) is 5.48. The quantitative estimate of drug-likeness (QED) is 0.642. The van der Waals surface area contributed by atoms with E-state index in [1.807, 2.05) is 6.07 Å². The molecule has 0 aliphatic carbocycles. The number of piperidine rings is 1. The molecule has 6 nitrogen and oxygen atoms in total. The molecule has 1 amide bonds. The molecular weight excluding hydrogens is 374 g/mol. The maximum absolute atomic E-state index is 12.8. The maximum atomic E-state index is 12.8. The highest BCUT2D eigenvalue weighted by molar-refractivity contribution is 5.99. The van der Waals surface area contributed by atoms with Gasteiger partial charge in [0.25, 0.3) is 0 Å². The first-order chi connectivity index (χ1) is 14.5. The average molecular weight is 410 g/mol. The number of nitrogens with zero attached hydrogens (tertiary/aromatic N) is 2. The minimum absolute atomic E-state index is 0.00752. The Balaban J connectivity index is 1.73. The summed E-state index contributed by atoms with van der Waals surface area (Å²) in [6, 6.07) is 7.95. The predicted octanol–water partition coefficient (Wildman–Crippen LogP) is 4.76. The van der Waals surface area contributed by atoms with E-state index in [1.165, 1.54) is 43.2 Å². The average Bonchev–Trinajstić information content (AvgIpc) is 3.15. The molecule has 2 aliphatic rings. The van der Waals surface area contributed by atoms with E-state index >= 15 is 0 Å². The van der Waals surface area contributed by atoms with Gasteiger partial charge in [-0.2, -0.15) is 0 Å². The fraction of sp³-hybridized carbons (Fsp3) is 0.583. The van der Waals surface area contributed by atoms with Crippen molar-refractivity contribution in [2.45, 2.75) is 89.8 Å². The van der Waals surface area contributed by atoms with E-state index in [-0.39, 0.29) is 11.8 Å². The number of anilines is 2. The molecule has 2 aromatic rings. The van der Waals surface area contributed by atoms with Gasteiger partial charge in [0.1, 0.15) is 0 Å². The van der Waals surface area contributed by atoms with Gasteiger partial charge >= 0.3 is 0 Å². The maximum Gasteiger partial charge on any atom is 0.233 e. The van der Waals surface area contributed by atoms with Gasteiger partial charge in [-0.15, -0.1) is 0 Å². The van der Waals surface area contributed by atoms with E-state index in [2.05, 4.69) is 53.1 Å². The predicted molar refractivity (Wildman–Crippen MR) is 121 cm³/mol. The van der Waals surface area contributed by atoms with Crippen molar-refractivity contribution in [3.8, 4) is 0 Å². The third-order valence-corrected chi connectivity index (χ3v) is 7.00. The van der Waals surface area contributed by atoms with Crippen molar-refractivity contribution in [3.05, 3.63) is 41.2 Å². The van der Waals surface area contributed by atoms with E-state index in [4.69, 9.17) is 5.73 Å². The summed E-state index contributed by atoms with van der Waals surface area (Å²) in [5.74, 6) is 0.0771. The molecule has 1 saturated heterocycles. The number of hydrogen-bond donors (Lipinski definition) is 3. The lowest BCUT2D eigenvalue weighted by Crippen LogP contribution is -2.46. The normalized spacial score (nSPS) is 25.6. The molecule has 0 spiro atoms. The summed E-state index contributed by atoms with van der Waals surface area (Å²) in [7, 11) is 0. The summed E-state index contributed by atoms with van der Waals surface area (Å²) in [5.41, 5.74) is 10.2. The third kappa shape index (κ3) is 3.97. The molecule has 0 bridgehead atoms. The summed E-state index contributed by atoms with van der Waals surface area (Å²) >= 11 is 0. The first-order valence-electron chi connectivity index (χ1n) is 11.5. The number of nitrogen functional groups attached to an aromatic ring is 1. The molecular formula is C24H35N5O. The van der Waals surface area contributed by atoms with Crippen molar-refractivity contribution >= 4 is 17.5 Å². The number of amides is 1. The molecule has 1 aromatic carbocycles. The summed E-state index contributed by atoms with van der Waals surface area (Å²) in [5, 5.41) is 3.15. The smallest absolute Gasteiger partial charge is 0.233 e. The van der Waals surface area contributed by atoms with Crippen molar-refractivity contribution in [3.63, 3.8) is 0 Å². The summed E-state index contributed by atoms with van der Waals surface area (Å²) in [4.78, 5) is 22.7. The van der Waals surface area contributed by atoms with Gasteiger partial charge < -0.3 is 16.0 Å². The Hall–Kier alpha value is -2.34. The van der Waals surface area contributed by atoms with Gasteiger partial charge in [0.15, 0.2) is 5.95 Å². The minimum atomic E-state index is -0.286. The van der Waals surface area contributed by atoms with Crippen LogP contribution in [0.15, 0.2) is 24.4 Å². The number of rotatable bonds is 6. The van der Waals surface area contributed by atoms with Crippen molar-refractivity contribution in [1.29, 1.82) is 0 Å². The first-order valence-corrected chi connectivity index (χ1v) is 11.5. The number of nitrogens with two attached hydrogens (primary N) is 1. The number of hydrogen-bond acceptors (Lipinski definition) is 4. The number of carbonyl (C=O) groups is 1. The number of H-pyrrole nitrogens is 1. The number of fused-ring (bicyclic) bond motifs is 1. The zero-order valence-corrected chi connectivity index (χ0v) is 18.4. The Bertz CT molecular complexity index is 881. The van der Waals surface area contributed by atoms with Crippen molar-refractivity contribution in [2.75, 3.05) is 11.1 Å². The molecule has 1 fully saturated rings. The van der Waals surface area contributed by atoms with E-state index in [1.54, 1.807) is 6.20 Å². The second kappa shape index (κ2) is 8.80. The van der Waals surface area contributed by atoms with Gasteiger partial charge in [-0.3, -0.25) is 9.69 Å². The van der Waals surface area contributed by atoms with Crippen LogP contribution in [0.5, 0.6) is 0 Å². The number of carbonyl (C=O) groups excluding carboxylic acids is 1. The SMILES string of the molecule is CCCCC(c1cccc2c1CC(c1cnc(N)[nH]1)C(=O)N2)N1C(C)CCCC1C. The van der Waals surface area contributed by atoms with Crippen LogP contribution in [0.4, 0.5) is 11.6 Å². The van der Waals surface area contributed by atoms with Gasteiger partial charge in [0.2, 0.25) is 5.91 Å². The summed E-state index contributed by atoms with van der Waals surface area (Å²) in [6.45, 7) is 7.02. The van der Waals surface area contributed by atoms with Crippen LogP contribution in [0.1, 0.15) is 88.1 Å². The zero-order chi connectivity index (χ0) is 21.3. The number of aromatic nitrogens is 2. The van der Waals surface area contributed by atoms with Crippen molar-refractivity contribution in [2.24, 2.45) is 0 Å². The molecule has 2 aliphatic heterocycles. The Morgan fingerprint density at radius 2 is 2.03 bits per heavy atom. The third-order valence-electron chi connectivity index (χ3n) is 7.00. The topological polar surface area (TPSA) is 87.0 Å². The molecule has 4 rings (SSSR count). The number of aromatic amines is 1. The largest absolute Gasteiger partial charge is 0.369 e. The molecule has 30 heavy (non-hydrogen) atoms. The lowest BCUT2D eigenvalue weighted by atomic mass is 9.83. The monoisotopic (exact) mass is 409 g/mol. The Labute approximate surface area is 179 Å². The lowest BCUT2D eigenvalue weighted by molar-refractivity contribution is -0.117. The van der Waals surface area contributed by atoms with Gasteiger partial charge in [-0.25, -0.2) is 4.98 Å². The van der Waals surface area contributed by atoms with E-state index in [9.17, 15) is 4.79 Å². The molecule has 3 heterocycles. The number of likely N-dealkylation sites (tertiary alicyclic amines) is 1. The molecule has 4 atom stereocenters. The van der Waals surface area contributed by atoms with Crippen LogP contribution in [-0.2, 0) is 11.2 Å². The van der Waals surface area contributed by atoms with Crippen LogP contribution in [-0.4, -0.2) is 32.9 Å². The molecule has 1 aromatic heterocycles. The molecule has 162 valence electrons. The highest BCUT2D eigenvalue weighted by Gasteiger charge is 2.36. The highest BCUT2D eigenvalue weighted by atomic mass is 16.2. The second-order valence-corrected chi connectivity index (χ2v) is 9.08. The van der Waals surface area contributed by atoms with Gasteiger partial charge in [-0.05, 0) is 56.7 Å². The Morgan fingerprint density at radius 3 is 2.70 bits per heavy atom. The summed E-state index contributed by atoms with van der Waals surface area (Å²) < 4.78 is 0. The van der Waals surface area contributed by atoms with Crippen LogP contribution < -0.4 is 11.1 Å². The van der Waals surface area contributed by atoms with Crippen LogP contribution in [0.3, 0.4) is 0 Å². The van der Waals surface area contributed by atoms with Gasteiger partial charge in [-0.1, -0.05) is 38.3 Å². The molecule has 4 N–H and O–H groups in total. The zero-order valence-electron chi connectivity index (χ0n) is 18.4. The van der Waals surface area contributed by atoms with Crippen molar-refractivity contribution < 1.29 is 4.79 Å². The van der Waals surface area contributed by atoms with E-state index < -0.39 is 0 Å². The minimum Gasteiger partial charge on any atom is -0.369 e. The number of imidazole rings is 1. The molecule has 4 unspecified atom stereocenters. The fourth-order valence-electron chi connectivity index (χ4n) is 5.48. The number of benzene rings is 1. The highest BCUT2D eigenvalue weighted by Crippen LogP contribution is 2.41. The number of unbranched alkanes of at least 4 members (excludes halogenated alkanes) is 1. The summed E-state index contributed by atoms with van der Waals surface area (Å²) in [6.07, 6.45) is 9.74. The van der Waals surface area contributed by atoms with E-state index in [0.29, 0.717) is 30.5 Å². The lowest BCUT2D eigenvalue weighted by Gasteiger charge is -2.45. The molecule has 0 saturated carbocycles. The van der Waals surface area contributed by atoms with Crippen LogP contribution in [0.2, 0.25) is 0 Å². The Kier molecular flexibility index (Phi) is 6.14. The first kappa shape index (κ1) is 20.9. The van der Waals surface area contributed by atoms with E-state index in [0.717, 1.165) is 17.8 Å². The van der Waals surface area contributed by atoms with Gasteiger partial charge in [0.05, 0.1) is 12.1 Å². The van der Waals surface area contributed by atoms with Crippen LogP contribution >= 0.6 is 0 Å². The van der Waals surface area contributed by atoms with Crippen LogP contribution in [0.25, 0.3) is 0 Å². The second-order valence-electron chi connectivity index (χ2n) is 9.08. The standard InChI is InChI=1S/C24H35N5O/c1-4-5-12-22(29-15(2)8-6-9-16(29)3)17-10-7-11-20-18(17)13-19(23(30)27-20)21-14-26-24(25)28-21/h7,10-11,14-16,19,22H,4-6,8-9,12-13H2,1-3H3,(H,27,30)(H3,25,26,28). The van der Waals surface area contributed by atoms with Crippen molar-refractivity contribution in [1.82, 2.24) is 14.9 Å². The molecule has 0 radical (unpaired) electrons. The van der Waals surface area contributed by atoms with Crippen LogP contribution in [0, 0.1) is 0 Å². The molecule has 6 heteroatoms. The Morgan fingerprint density at radius 1 is 1.27 bits per heavy atom.